The molecule has 0 aromatic heterocycles. The molecule has 0 fully saturated rings. The molecule has 0 aliphatic carbocycles. The first-order valence-electron chi connectivity index (χ1n) is 7.63. The summed E-state index contributed by atoms with van der Waals surface area (Å²) >= 11 is 1.75. The van der Waals surface area contributed by atoms with Crippen LogP contribution >= 0.6 is 0 Å². The number of hydrogen-bond acceptors (Lipinski definition) is 0. The molecule has 2 aromatic carbocycles. The topological polar surface area (TPSA) is 0 Å². The number of halogens is 2. The predicted octanol–water partition coefficient (Wildman–Crippen LogP) is -0.531. The average molecular weight is 375 g/mol. The van der Waals surface area contributed by atoms with Gasteiger partial charge < -0.3 is 24.8 Å². The average Bonchev–Trinajstić information content (AvgIpc) is 3.19. The van der Waals surface area contributed by atoms with E-state index in [1.165, 1.54) is 49.7 Å². The van der Waals surface area contributed by atoms with Crippen LogP contribution in [0, 0.1) is 0 Å². The standard InChI is InChI=1S/2C9H13.CH2.2ClH.Ti/c2*1-2-3-6-9-7-4-5-8-9;;;;/h2*4-5,7-8H,2-3,6H2,1H3;1H2;2*1H;/q2*-1;;;;+2/p-2. The van der Waals surface area contributed by atoms with Gasteiger partial charge in [0.1, 0.15) is 0 Å². The molecular formula is C19H28Cl2Ti-2. The predicted molar refractivity (Wildman–Crippen MR) is 88.4 cm³/mol. The monoisotopic (exact) mass is 374 g/mol. The molecule has 0 unspecified atom stereocenters. The first-order valence-corrected chi connectivity index (χ1v) is 8.73. The Hall–Kier alpha value is -0.136. The molecule has 22 heavy (non-hydrogen) atoms. The molecule has 0 aliphatic heterocycles. The summed E-state index contributed by atoms with van der Waals surface area (Å²) in [7, 11) is 0. The Morgan fingerprint density at radius 1 is 0.818 bits per heavy atom. The van der Waals surface area contributed by atoms with Crippen molar-refractivity contribution in [3.05, 3.63) is 59.7 Å². The Labute approximate surface area is 161 Å². The van der Waals surface area contributed by atoms with Crippen LogP contribution < -0.4 is 24.8 Å². The van der Waals surface area contributed by atoms with E-state index in [1.807, 2.05) is 0 Å². The molecule has 3 heteroatoms. The molecule has 0 saturated heterocycles. The van der Waals surface area contributed by atoms with Gasteiger partial charge in [0.15, 0.2) is 0 Å². The Kier molecular flexibility index (Phi) is 25.4. The van der Waals surface area contributed by atoms with Gasteiger partial charge in [-0.25, -0.2) is 12.1 Å². The minimum Gasteiger partial charge on any atom is -1.00 e. The molecule has 0 heterocycles. The molecule has 0 saturated carbocycles. The van der Waals surface area contributed by atoms with Crippen molar-refractivity contribution in [2.75, 3.05) is 0 Å². The van der Waals surface area contributed by atoms with Crippen molar-refractivity contribution in [3.8, 4) is 0 Å². The maximum absolute atomic E-state index is 3.25. The van der Waals surface area contributed by atoms with E-state index in [0.29, 0.717) is 0 Å². The number of unbranched alkanes of at least 4 members (excludes halogenated alkanes) is 2. The van der Waals surface area contributed by atoms with Crippen molar-refractivity contribution in [1.29, 1.82) is 0 Å². The number of aryl methyl sites for hydroxylation is 2. The molecule has 0 spiro atoms. The van der Waals surface area contributed by atoms with Crippen LogP contribution in [0.1, 0.15) is 50.7 Å². The quantitative estimate of drug-likeness (QED) is 0.471. The third-order valence-electron chi connectivity index (χ3n) is 3.10. The van der Waals surface area contributed by atoms with E-state index in [1.54, 1.807) is 20.0 Å². The summed E-state index contributed by atoms with van der Waals surface area (Å²) in [6.07, 6.45) is 7.75. The van der Waals surface area contributed by atoms with Gasteiger partial charge in [0.2, 0.25) is 0 Å². The van der Waals surface area contributed by atoms with Gasteiger partial charge >= 0.3 is 24.8 Å². The van der Waals surface area contributed by atoms with Crippen molar-refractivity contribution in [2.24, 2.45) is 0 Å². The van der Waals surface area contributed by atoms with Crippen molar-refractivity contribution in [1.82, 2.24) is 0 Å². The second kappa shape index (κ2) is 20.9. The smallest absolute Gasteiger partial charge is 1.00 e. The second-order valence-electron chi connectivity index (χ2n) is 4.79. The van der Waals surface area contributed by atoms with E-state index in [4.69, 9.17) is 0 Å². The first-order chi connectivity index (χ1) is 9.86. The molecule has 0 aliphatic rings. The minimum absolute atomic E-state index is 0. The summed E-state index contributed by atoms with van der Waals surface area (Å²) in [5, 5.41) is 0. The van der Waals surface area contributed by atoms with E-state index in [-0.39, 0.29) is 24.8 Å². The zero-order valence-electron chi connectivity index (χ0n) is 13.8. The zero-order valence-corrected chi connectivity index (χ0v) is 16.9. The fraction of sp³-hybridized carbons (Fsp3) is 0.421. The molecule has 0 nitrogen and oxygen atoms in total. The van der Waals surface area contributed by atoms with Gasteiger partial charge in [0.05, 0.1) is 0 Å². The SMILES string of the molecule is CCCCc1cc[cH-]c1.CCCCc1cc[cH-]c1.[CH2]=[Ti+2].[Cl-].[Cl-]. The summed E-state index contributed by atoms with van der Waals surface area (Å²) in [5.74, 6) is 0. The van der Waals surface area contributed by atoms with Crippen molar-refractivity contribution in [3.63, 3.8) is 0 Å². The Bertz CT molecular complexity index is 341. The van der Waals surface area contributed by atoms with Crippen LogP contribution in [-0.4, -0.2) is 4.82 Å². The van der Waals surface area contributed by atoms with E-state index >= 15 is 0 Å². The molecule has 124 valence electrons. The Morgan fingerprint density at radius 2 is 1.18 bits per heavy atom. The van der Waals surface area contributed by atoms with Gasteiger partial charge in [-0.1, -0.05) is 52.4 Å². The molecule has 2 aromatic rings. The van der Waals surface area contributed by atoms with Crippen LogP contribution in [0.5, 0.6) is 0 Å². The van der Waals surface area contributed by atoms with Crippen LogP contribution in [-0.2, 0) is 32.8 Å². The summed E-state index contributed by atoms with van der Waals surface area (Å²) < 4.78 is 0. The molecule has 0 N–H and O–H groups in total. The summed E-state index contributed by atoms with van der Waals surface area (Å²) in [6.45, 7) is 4.45. The molecule has 0 atom stereocenters. The van der Waals surface area contributed by atoms with Crippen molar-refractivity contribution in [2.45, 2.75) is 52.4 Å². The van der Waals surface area contributed by atoms with Crippen LogP contribution in [0.2, 0.25) is 0 Å². The van der Waals surface area contributed by atoms with Gasteiger partial charge in [-0.3, -0.25) is 0 Å². The fourth-order valence-corrected chi connectivity index (χ4v) is 1.92. The van der Waals surface area contributed by atoms with Gasteiger partial charge in [0, 0.05) is 0 Å². The van der Waals surface area contributed by atoms with E-state index in [9.17, 15) is 0 Å². The normalized spacial score (nSPS) is 8.36. The zero-order chi connectivity index (χ0) is 15.1. The fourth-order valence-electron chi connectivity index (χ4n) is 1.92. The molecular weight excluding hydrogens is 347 g/mol. The van der Waals surface area contributed by atoms with Gasteiger partial charge in [0.25, 0.3) is 0 Å². The summed E-state index contributed by atoms with van der Waals surface area (Å²) in [4.78, 5) is 3.25. The van der Waals surface area contributed by atoms with E-state index in [0.717, 1.165) is 0 Å². The first kappa shape index (κ1) is 26.7. The summed E-state index contributed by atoms with van der Waals surface area (Å²) in [5.41, 5.74) is 2.97. The van der Waals surface area contributed by atoms with Crippen LogP contribution in [0.4, 0.5) is 0 Å². The Morgan fingerprint density at radius 3 is 1.41 bits per heavy atom. The van der Waals surface area contributed by atoms with Crippen molar-refractivity contribution >= 4 is 4.82 Å². The third kappa shape index (κ3) is 14.8. The molecule has 0 radical (unpaired) electrons. The van der Waals surface area contributed by atoms with Crippen LogP contribution in [0.15, 0.2) is 48.5 Å². The number of rotatable bonds is 6. The maximum atomic E-state index is 3.25. The molecule has 2 rings (SSSR count). The van der Waals surface area contributed by atoms with Crippen molar-refractivity contribution < 1.29 is 44.8 Å². The van der Waals surface area contributed by atoms with Gasteiger partial charge in [-0.15, -0.1) is 0 Å². The van der Waals surface area contributed by atoms with E-state index in [2.05, 4.69) is 67.2 Å². The minimum atomic E-state index is 0. The van der Waals surface area contributed by atoms with E-state index < -0.39 is 0 Å². The van der Waals surface area contributed by atoms with Crippen LogP contribution in [0.3, 0.4) is 0 Å². The second-order valence-corrected chi connectivity index (χ2v) is 4.79. The largest absolute Gasteiger partial charge is 1.00 e. The van der Waals surface area contributed by atoms with Gasteiger partial charge in [-0.05, 0) is 0 Å². The molecule has 0 bridgehead atoms. The Balaban J connectivity index is -0.000000273. The summed E-state index contributed by atoms with van der Waals surface area (Å²) in [6, 6.07) is 17.2. The van der Waals surface area contributed by atoms with Crippen LogP contribution in [0.25, 0.3) is 0 Å². The third-order valence-corrected chi connectivity index (χ3v) is 3.10. The number of hydrogen-bond donors (Lipinski definition) is 0. The van der Waals surface area contributed by atoms with Gasteiger partial charge in [-0.2, -0.15) is 47.5 Å². The molecule has 0 amide bonds. The maximum Gasteiger partial charge on any atom is -1.00 e.